The van der Waals surface area contributed by atoms with Crippen molar-refractivity contribution in [3.63, 3.8) is 0 Å². The third-order valence-corrected chi connectivity index (χ3v) is 6.32. The molecule has 126 valence electrons. The number of likely N-dealkylation sites (tertiary alicyclic amines) is 1. The van der Waals surface area contributed by atoms with Crippen LogP contribution in [-0.2, 0) is 11.8 Å². The van der Waals surface area contributed by atoms with Crippen LogP contribution < -0.4 is 4.74 Å². The molecule has 2 aliphatic carbocycles. The molecular weight excluding hydrogens is 303 g/mol. The summed E-state index contributed by atoms with van der Waals surface area (Å²) >= 11 is 0. The molecule has 0 spiro atoms. The average Bonchev–Trinajstić information content (AvgIpc) is 2.50. The van der Waals surface area contributed by atoms with E-state index in [0.29, 0.717) is 12.0 Å². The second-order valence-corrected chi connectivity index (χ2v) is 7.38. The molecule has 1 heterocycles. The summed E-state index contributed by atoms with van der Waals surface area (Å²) in [6.45, 7) is 1.03. The molecule has 5 heteroatoms. The number of rotatable bonds is 1. The third-order valence-electron chi connectivity index (χ3n) is 6.32. The van der Waals surface area contributed by atoms with Gasteiger partial charge in [-0.25, -0.2) is 0 Å². The van der Waals surface area contributed by atoms with Crippen molar-refractivity contribution in [2.75, 3.05) is 13.6 Å². The molecule has 3 atom stereocenters. The van der Waals surface area contributed by atoms with Gasteiger partial charge in [-0.1, -0.05) is 18.9 Å². The second-order valence-electron chi connectivity index (χ2n) is 7.38. The van der Waals surface area contributed by atoms with Crippen molar-refractivity contribution in [3.05, 3.63) is 29.3 Å². The van der Waals surface area contributed by atoms with Gasteiger partial charge in [-0.2, -0.15) is 0 Å². The van der Waals surface area contributed by atoms with Crippen molar-refractivity contribution in [1.82, 2.24) is 4.90 Å². The molecule has 1 aliphatic heterocycles. The standard InChI is InChI=1S/C18H22F3NO/c1-22-9-8-17-7-3-2-4-14(17)16(22)10-12-5-6-13(11-15(12)17)23-18(19,20)21/h5-6,11,14,16H,2-4,7-10H2,1H3/t14-,16-,17-/m1/s1. The Morgan fingerprint density at radius 2 is 2.04 bits per heavy atom. The molecule has 3 aliphatic rings. The van der Waals surface area contributed by atoms with Crippen molar-refractivity contribution in [3.8, 4) is 5.75 Å². The van der Waals surface area contributed by atoms with Crippen LogP contribution >= 0.6 is 0 Å². The SMILES string of the molecule is CN1CC[C@]23CCCC[C@@H]2[C@H]1Cc1ccc(OC(F)(F)F)cc13. The molecule has 1 saturated carbocycles. The summed E-state index contributed by atoms with van der Waals surface area (Å²) in [5.41, 5.74) is 2.41. The van der Waals surface area contributed by atoms with Crippen LogP contribution in [0, 0.1) is 5.92 Å². The van der Waals surface area contributed by atoms with Gasteiger partial charge in [-0.05, 0) is 68.5 Å². The molecule has 0 amide bonds. The van der Waals surface area contributed by atoms with E-state index < -0.39 is 6.36 Å². The highest BCUT2D eigenvalue weighted by Crippen LogP contribution is 2.56. The molecular formula is C18H22F3NO. The molecule has 0 radical (unpaired) electrons. The summed E-state index contributed by atoms with van der Waals surface area (Å²) in [5, 5.41) is 0. The number of benzene rings is 1. The highest BCUT2D eigenvalue weighted by Gasteiger charge is 2.53. The first kappa shape index (κ1) is 15.3. The quantitative estimate of drug-likeness (QED) is 0.764. The normalized spacial score (nSPS) is 33.7. The average molecular weight is 325 g/mol. The van der Waals surface area contributed by atoms with Crippen LogP contribution in [0.1, 0.15) is 43.2 Å². The topological polar surface area (TPSA) is 12.5 Å². The van der Waals surface area contributed by atoms with Gasteiger partial charge in [-0.3, -0.25) is 0 Å². The largest absolute Gasteiger partial charge is 0.573 e. The predicted molar refractivity (Wildman–Crippen MR) is 81.5 cm³/mol. The van der Waals surface area contributed by atoms with E-state index in [4.69, 9.17) is 0 Å². The minimum atomic E-state index is -4.62. The first-order chi connectivity index (χ1) is 10.9. The number of piperidine rings is 1. The molecule has 0 N–H and O–H groups in total. The first-order valence-electron chi connectivity index (χ1n) is 8.48. The molecule has 2 fully saturated rings. The van der Waals surface area contributed by atoms with E-state index >= 15 is 0 Å². The van der Waals surface area contributed by atoms with Gasteiger partial charge in [0.2, 0.25) is 0 Å². The zero-order valence-corrected chi connectivity index (χ0v) is 13.3. The number of fused-ring (bicyclic) bond motifs is 1. The lowest BCUT2D eigenvalue weighted by atomic mass is 9.52. The smallest absolute Gasteiger partial charge is 0.406 e. The Hall–Kier alpha value is -1.23. The van der Waals surface area contributed by atoms with Crippen LogP contribution in [0.2, 0.25) is 0 Å². The van der Waals surface area contributed by atoms with Gasteiger partial charge >= 0.3 is 6.36 Å². The Morgan fingerprint density at radius 1 is 1.22 bits per heavy atom. The molecule has 0 unspecified atom stereocenters. The van der Waals surface area contributed by atoms with Crippen LogP contribution in [0.4, 0.5) is 13.2 Å². The van der Waals surface area contributed by atoms with Gasteiger partial charge in [0.05, 0.1) is 0 Å². The summed E-state index contributed by atoms with van der Waals surface area (Å²) in [5.74, 6) is 0.510. The van der Waals surface area contributed by atoms with E-state index in [9.17, 15) is 13.2 Å². The zero-order chi connectivity index (χ0) is 16.2. The molecule has 1 aromatic rings. The van der Waals surface area contributed by atoms with Crippen molar-refractivity contribution in [1.29, 1.82) is 0 Å². The van der Waals surface area contributed by atoms with Crippen molar-refractivity contribution in [2.45, 2.75) is 56.3 Å². The van der Waals surface area contributed by atoms with Gasteiger partial charge in [-0.15, -0.1) is 13.2 Å². The molecule has 0 aromatic heterocycles. The summed E-state index contributed by atoms with van der Waals surface area (Å²) in [4.78, 5) is 2.46. The minimum Gasteiger partial charge on any atom is -0.406 e. The maximum atomic E-state index is 12.6. The van der Waals surface area contributed by atoms with Gasteiger partial charge in [0.25, 0.3) is 0 Å². The van der Waals surface area contributed by atoms with Crippen LogP contribution in [0.5, 0.6) is 5.75 Å². The number of hydrogen-bond donors (Lipinski definition) is 0. The predicted octanol–water partition coefficient (Wildman–Crippen LogP) is 4.27. The molecule has 23 heavy (non-hydrogen) atoms. The summed E-state index contributed by atoms with van der Waals surface area (Å²) < 4.78 is 41.9. The lowest BCUT2D eigenvalue weighted by Gasteiger charge is -2.58. The van der Waals surface area contributed by atoms with Crippen LogP contribution in [0.3, 0.4) is 0 Å². The maximum Gasteiger partial charge on any atom is 0.573 e. The number of halogens is 3. The minimum absolute atomic E-state index is 0.0627. The fraction of sp³-hybridized carbons (Fsp3) is 0.667. The Bertz CT molecular complexity index is 615. The summed E-state index contributed by atoms with van der Waals surface area (Å²) in [6.07, 6.45) is 2.09. The van der Waals surface area contributed by atoms with E-state index in [0.717, 1.165) is 31.4 Å². The highest BCUT2D eigenvalue weighted by atomic mass is 19.4. The Kier molecular flexibility index (Phi) is 3.42. The van der Waals surface area contributed by atoms with Crippen LogP contribution in [-0.4, -0.2) is 30.9 Å². The van der Waals surface area contributed by atoms with E-state index in [1.54, 1.807) is 6.07 Å². The number of likely N-dealkylation sites (N-methyl/N-ethyl adjacent to an activating group) is 1. The third kappa shape index (κ3) is 2.44. The van der Waals surface area contributed by atoms with Crippen LogP contribution in [0.15, 0.2) is 18.2 Å². The van der Waals surface area contributed by atoms with Crippen molar-refractivity contribution in [2.24, 2.45) is 5.92 Å². The van der Waals surface area contributed by atoms with E-state index in [1.165, 1.54) is 30.9 Å². The van der Waals surface area contributed by atoms with Gasteiger partial charge in [0, 0.05) is 11.5 Å². The highest BCUT2D eigenvalue weighted by molar-refractivity contribution is 5.45. The Morgan fingerprint density at radius 3 is 2.83 bits per heavy atom. The van der Waals surface area contributed by atoms with Gasteiger partial charge in [0.1, 0.15) is 5.75 Å². The van der Waals surface area contributed by atoms with Crippen molar-refractivity contribution >= 4 is 0 Å². The van der Waals surface area contributed by atoms with Crippen LogP contribution in [0.25, 0.3) is 0 Å². The molecule has 2 nitrogen and oxygen atoms in total. The van der Waals surface area contributed by atoms with Gasteiger partial charge in [0.15, 0.2) is 0 Å². The van der Waals surface area contributed by atoms with Crippen molar-refractivity contribution < 1.29 is 17.9 Å². The maximum absolute atomic E-state index is 12.6. The fourth-order valence-corrected chi connectivity index (χ4v) is 5.37. The number of nitrogens with zero attached hydrogens (tertiary/aromatic N) is 1. The van der Waals surface area contributed by atoms with E-state index in [2.05, 4.69) is 16.7 Å². The summed E-state index contributed by atoms with van der Waals surface area (Å²) in [7, 11) is 2.19. The zero-order valence-electron chi connectivity index (χ0n) is 13.3. The van der Waals surface area contributed by atoms with E-state index in [1.807, 2.05) is 6.07 Å². The molecule has 2 bridgehead atoms. The molecule has 1 saturated heterocycles. The lowest BCUT2D eigenvalue weighted by molar-refractivity contribution is -0.274. The summed E-state index contributed by atoms with van der Waals surface area (Å²) in [6, 6.07) is 5.55. The fourth-order valence-electron chi connectivity index (χ4n) is 5.37. The molecule has 1 aromatic carbocycles. The second kappa shape index (κ2) is 5.13. The monoisotopic (exact) mass is 325 g/mol. The number of ether oxygens (including phenoxy) is 1. The van der Waals surface area contributed by atoms with Gasteiger partial charge < -0.3 is 9.64 Å². The Balaban J connectivity index is 1.79. The van der Waals surface area contributed by atoms with E-state index in [-0.39, 0.29) is 11.2 Å². The number of hydrogen-bond acceptors (Lipinski definition) is 2. The Labute approximate surface area is 134 Å². The molecule has 4 rings (SSSR count). The first-order valence-corrected chi connectivity index (χ1v) is 8.48. The number of alkyl halides is 3. The lowest BCUT2D eigenvalue weighted by Crippen LogP contribution is -2.59.